The highest BCUT2D eigenvalue weighted by Gasteiger charge is 2.35. The Bertz CT molecular complexity index is 833. The van der Waals surface area contributed by atoms with E-state index in [1.54, 1.807) is 16.0 Å². The van der Waals surface area contributed by atoms with E-state index in [2.05, 4.69) is 4.98 Å². The summed E-state index contributed by atoms with van der Waals surface area (Å²) in [6, 6.07) is 9.96. The van der Waals surface area contributed by atoms with Gasteiger partial charge in [-0.05, 0) is 30.5 Å². The van der Waals surface area contributed by atoms with Crippen molar-refractivity contribution in [1.82, 2.24) is 14.8 Å². The van der Waals surface area contributed by atoms with Gasteiger partial charge in [-0.25, -0.2) is 0 Å². The van der Waals surface area contributed by atoms with Crippen LogP contribution in [0.15, 0.2) is 36.5 Å². The van der Waals surface area contributed by atoms with Crippen LogP contribution >= 0.6 is 0 Å². The van der Waals surface area contributed by atoms with Gasteiger partial charge in [0.05, 0.1) is 18.2 Å². The van der Waals surface area contributed by atoms with E-state index in [4.69, 9.17) is 0 Å². The van der Waals surface area contributed by atoms with E-state index in [0.717, 1.165) is 22.9 Å². The molecule has 4 rings (SSSR count). The number of rotatable bonds is 4. The summed E-state index contributed by atoms with van der Waals surface area (Å²) < 4.78 is 0. The van der Waals surface area contributed by atoms with Crippen LogP contribution in [0.3, 0.4) is 0 Å². The molecule has 0 unspecified atom stereocenters. The second-order valence-electron chi connectivity index (χ2n) is 7.24. The lowest BCUT2D eigenvalue weighted by atomic mass is 9.94. The average molecular weight is 353 g/mol. The Morgan fingerprint density at radius 2 is 2.08 bits per heavy atom. The number of carbonyl (C=O) groups excluding carboxylic acids is 2. The number of aromatic nitrogens is 1. The van der Waals surface area contributed by atoms with Crippen LogP contribution in [0.4, 0.5) is 0 Å². The SMILES string of the molecule is O=C1CCCN1CC(=O)N1C[C@@H](Cc2ccnc3ccccc23)[C@H](O)C1. The van der Waals surface area contributed by atoms with Crippen LogP contribution in [0.2, 0.25) is 0 Å². The third kappa shape index (κ3) is 3.29. The van der Waals surface area contributed by atoms with Crippen molar-refractivity contribution in [3.63, 3.8) is 0 Å². The molecule has 0 saturated carbocycles. The normalized spacial score (nSPS) is 23.2. The van der Waals surface area contributed by atoms with E-state index >= 15 is 0 Å². The van der Waals surface area contributed by atoms with E-state index in [1.807, 2.05) is 30.3 Å². The van der Waals surface area contributed by atoms with E-state index in [1.165, 1.54) is 0 Å². The second kappa shape index (κ2) is 7.03. The topological polar surface area (TPSA) is 73.7 Å². The van der Waals surface area contributed by atoms with Gasteiger partial charge in [0.2, 0.25) is 11.8 Å². The fraction of sp³-hybridized carbons (Fsp3) is 0.450. The Labute approximate surface area is 152 Å². The lowest BCUT2D eigenvalue weighted by Crippen LogP contribution is -2.40. The molecule has 1 aromatic carbocycles. The van der Waals surface area contributed by atoms with Gasteiger partial charge in [-0.15, -0.1) is 0 Å². The highest BCUT2D eigenvalue weighted by molar-refractivity contribution is 5.86. The van der Waals surface area contributed by atoms with Gasteiger partial charge in [-0.1, -0.05) is 18.2 Å². The van der Waals surface area contributed by atoms with Crippen LogP contribution < -0.4 is 0 Å². The summed E-state index contributed by atoms with van der Waals surface area (Å²) in [5, 5.41) is 11.6. The van der Waals surface area contributed by atoms with Crippen LogP contribution in [-0.4, -0.2) is 64.0 Å². The van der Waals surface area contributed by atoms with E-state index in [9.17, 15) is 14.7 Å². The molecule has 136 valence electrons. The Morgan fingerprint density at radius 3 is 2.88 bits per heavy atom. The number of fused-ring (bicyclic) bond motifs is 1. The molecule has 3 heterocycles. The number of hydrogen-bond donors (Lipinski definition) is 1. The molecule has 0 aliphatic carbocycles. The monoisotopic (exact) mass is 353 g/mol. The van der Waals surface area contributed by atoms with Crippen molar-refractivity contribution in [3.8, 4) is 0 Å². The molecule has 26 heavy (non-hydrogen) atoms. The first-order valence-corrected chi connectivity index (χ1v) is 9.18. The predicted molar refractivity (Wildman–Crippen MR) is 97.3 cm³/mol. The Hall–Kier alpha value is -2.47. The van der Waals surface area contributed by atoms with Gasteiger partial charge in [0.15, 0.2) is 0 Å². The quantitative estimate of drug-likeness (QED) is 0.897. The van der Waals surface area contributed by atoms with Crippen molar-refractivity contribution in [1.29, 1.82) is 0 Å². The summed E-state index contributed by atoms with van der Waals surface area (Å²) in [6.07, 6.45) is 3.32. The average Bonchev–Trinajstić information content (AvgIpc) is 3.21. The zero-order valence-electron chi connectivity index (χ0n) is 14.7. The van der Waals surface area contributed by atoms with Gasteiger partial charge in [-0.2, -0.15) is 0 Å². The van der Waals surface area contributed by atoms with Crippen LogP contribution in [0.1, 0.15) is 18.4 Å². The molecule has 0 spiro atoms. The molecular formula is C20H23N3O3. The summed E-state index contributed by atoms with van der Waals surface area (Å²) >= 11 is 0. The number of benzene rings is 1. The highest BCUT2D eigenvalue weighted by atomic mass is 16.3. The van der Waals surface area contributed by atoms with E-state index in [-0.39, 0.29) is 24.3 Å². The van der Waals surface area contributed by atoms with Crippen molar-refractivity contribution >= 4 is 22.7 Å². The number of aliphatic hydroxyl groups is 1. The van der Waals surface area contributed by atoms with Gasteiger partial charge < -0.3 is 14.9 Å². The fourth-order valence-corrected chi connectivity index (χ4v) is 4.01. The molecule has 6 nitrogen and oxygen atoms in total. The molecule has 0 bridgehead atoms. The van der Waals surface area contributed by atoms with Crippen LogP contribution in [-0.2, 0) is 16.0 Å². The number of aliphatic hydroxyl groups excluding tert-OH is 1. The number of hydrogen-bond acceptors (Lipinski definition) is 4. The summed E-state index contributed by atoms with van der Waals surface area (Å²) in [6.45, 7) is 1.66. The van der Waals surface area contributed by atoms with Gasteiger partial charge in [-0.3, -0.25) is 14.6 Å². The minimum absolute atomic E-state index is 0.000893. The molecule has 6 heteroatoms. The molecule has 2 saturated heterocycles. The number of β-amino-alcohol motifs (C(OH)–C–C–N with tert-alkyl or cyclic N) is 1. The third-order valence-corrected chi connectivity index (χ3v) is 5.48. The maximum absolute atomic E-state index is 12.5. The first-order valence-electron chi connectivity index (χ1n) is 9.18. The molecule has 2 aliphatic heterocycles. The standard InChI is InChI=1S/C20H23N3O3/c24-18-12-23(20(26)13-22-9-3-6-19(22)25)11-15(18)10-14-7-8-21-17-5-2-1-4-16(14)17/h1-2,4-5,7-8,15,18,24H,3,6,9-13H2/t15-,18-/m1/s1. The first kappa shape index (κ1) is 17.0. The van der Waals surface area contributed by atoms with Crippen molar-refractivity contribution in [2.45, 2.75) is 25.4 Å². The second-order valence-corrected chi connectivity index (χ2v) is 7.24. The molecule has 1 N–H and O–H groups in total. The predicted octanol–water partition coefficient (Wildman–Crippen LogP) is 1.22. The largest absolute Gasteiger partial charge is 0.391 e. The summed E-state index contributed by atoms with van der Waals surface area (Å²) in [5.74, 6) is -0.0154. The number of amides is 2. The number of nitrogens with zero attached hydrogens (tertiary/aromatic N) is 3. The zero-order chi connectivity index (χ0) is 18.1. The maximum Gasteiger partial charge on any atom is 0.242 e. The lowest BCUT2D eigenvalue weighted by Gasteiger charge is -2.21. The number of para-hydroxylation sites is 1. The van der Waals surface area contributed by atoms with Gasteiger partial charge in [0, 0.05) is 43.6 Å². The summed E-state index contributed by atoms with van der Waals surface area (Å²) in [7, 11) is 0. The van der Waals surface area contributed by atoms with Crippen LogP contribution in [0.5, 0.6) is 0 Å². The summed E-state index contributed by atoms with van der Waals surface area (Å²) in [4.78, 5) is 31.9. The molecule has 2 aromatic rings. The molecule has 2 aliphatic rings. The Morgan fingerprint density at radius 1 is 1.23 bits per heavy atom. The van der Waals surface area contributed by atoms with E-state index < -0.39 is 6.10 Å². The Kier molecular flexibility index (Phi) is 4.59. The third-order valence-electron chi connectivity index (χ3n) is 5.48. The fourth-order valence-electron chi connectivity index (χ4n) is 4.01. The molecular weight excluding hydrogens is 330 g/mol. The molecule has 2 amide bonds. The lowest BCUT2D eigenvalue weighted by molar-refractivity contribution is -0.137. The van der Waals surface area contributed by atoms with Crippen molar-refractivity contribution in [2.24, 2.45) is 5.92 Å². The minimum atomic E-state index is -0.542. The minimum Gasteiger partial charge on any atom is -0.391 e. The molecule has 1 aromatic heterocycles. The van der Waals surface area contributed by atoms with Crippen molar-refractivity contribution in [3.05, 3.63) is 42.1 Å². The zero-order valence-corrected chi connectivity index (χ0v) is 14.7. The van der Waals surface area contributed by atoms with Crippen molar-refractivity contribution < 1.29 is 14.7 Å². The number of pyridine rings is 1. The van der Waals surface area contributed by atoms with Crippen molar-refractivity contribution in [2.75, 3.05) is 26.2 Å². The highest BCUT2D eigenvalue weighted by Crippen LogP contribution is 2.25. The maximum atomic E-state index is 12.5. The van der Waals surface area contributed by atoms with Gasteiger partial charge in [0.1, 0.15) is 0 Å². The smallest absolute Gasteiger partial charge is 0.242 e. The first-order chi connectivity index (χ1) is 12.6. The van der Waals surface area contributed by atoms with E-state index in [0.29, 0.717) is 32.5 Å². The Balaban J connectivity index is 1.43. The molecule has 2 fully saturated rings. The molecule has 2 atom stereocenters. The van der Waals surface area contributed by atoms with Crippen LogP contribution in [0, 0.1) is 5.92 Å². The number of likely N-dealkylation sites (tertiary alicyclic amines) is 2. The van der Waals surface area contributed by atoms with Gasteiger partial charge in [0.25, 0.3) is 0 Å². The summed E-state index contributed by atoms with van der Waals surface area (Å²) in [5.41, 5.74) is 2.08. The number of carbonyl (C=O) groups is 2. The molecule has 0 radical (unpaired) electrons. The van der Waals surface area contributed by atoms with Crippen LogP contribution in [0.25, 0.3) is 10.9 Å². The van der Waals surface area contributed by atoms with Gasteiger partial charge >= 0.3 is 0 Å².